The summed E-state index contributed by atoms with van der Waals surface area (Å²) in [5, 5.41) is 30.7. The third-order valence-corrected chi connectivity index (χ3v) is 6.61. The van der Waals surface area contributed by atoms with Gasteiger partial charge in [-0.3, -0.25) is 0 Å². The van der Waals surface area contributed by atoms with E-state index in [1.807, 2.05) is 30.3 Å². The van der Waals surface area contributed by atoms with Gasteiger partial charge in [-0.1, -0.05) is 41.9 Å². The fraction of sp³-hybridized carbons (Fsp3) is 0.240. The molecule has 174 valence electrons. The van der Waals surface area contributed by atoms with Gasteiger partial charge in [0.1, 0.15) is 29.8 Å². The number of hydrogen-bond donors (Lipinski definition) is 4. The standard InChI is InChI=1S/C25H21ClN2O6/c26-15-9-17-16(27-25(28-17)34-21-11-33-23-20(31)10-32-24(21)23)8-14(15)12-4-6-13(7-5-12)22-18(29)2-1-3-19(22)30/h1-9,20-21,23-24,29-31H,10-11H2,(H,27,28)/t20?,21-,23-,24-/m1/s1. The van der Waals surface area contributed by atoms with Gasteiger partial charge in [-0.05, 0) is 35.4 Å². The minimum Gasteiger partial charge on any atom is -0.507 e. The molecule has 2 aliphatic rings. The number of aromatic nitrogens is 2. The van der Waals surface area contributed by atoms with Gasteiger partial charge in [-0.2, -0.15) is 4.98 Å². The molecule has 1 unspecified atom stereocenters. The number of ether oxygens (including phenoxy) is 3. The highest BCUT2D eigenvalue weighted by molar-refractivity contribution is 6.34. The number of phenolic OH excluding ortho intramolecular Hbond substituents is 2. The summed E-state index contributed by atoms with van der Waals surface area (Å²) in [6.45, 7) is 0.547. The highest BCUT2D eigenvalue weighted by atomic mass is 35.5. The van der Waals surface area contributed by atoms with E-state index in [9.17, 15) is 15.3 Å². The third-order valence-electron chi connectivity index (χ3n) is 6.30. The first kappa shape index (κ1) is 21.2. The van der Waals surface area contributed by atoms with Crippen molar-refractivity contribution in [2.75, 3.05) is 13.2 Å². The van der Waals surface area contributed by atoms with Gasteiger partial charge in [0.15, 0.2) is 6.10 Å². The molecular formula is C25H21ClN2O6. The summed E-state index contributed by atoms with van der Waals surface area (Å²) >= 11 is 6.58. The lowest BCUT2D eigenvalue weighted by Gasteiger charge is -2.15. The topological polar surface area (TPSA) is 117 Å². The number of aliphatic hydroxyl groups is 1. The quantitative estimate of drug-likeness (QED) is 0.350. The van der Waals surface area contributed by atoms with Crippen LogP contribution in [-0.4, -0.2) is 62.9 Å². The van der Waals surface area contributed by atoms with Crippen LogP contribution >= 0.6 is 11.6 Å². The first-order chi connectivity index (χ1) is 16.5. The molecule has 0 saturated carbocycles. The van der Waals surface area contributed by atoms with Crippen LogP contribution in [0.2, 0.25) is 5.02 Å². The summed E-state index contributed by atoms with van der Waals surface area (Å²) in [5.74, 6) is 0.0144. The number of hydrogen-bond acceptors (Lipinski definition) is 7. The molecule has 8 nitrogen and oxygen atoms in total. The van der Waals surface area contributed by atoms with Crippen LogP contribution in [0.3, 0.4) is 0 Å². The van der Waals surface area contributed by atoms with E-state index in [-0.39, 0.29) is 36.4 Å². The monoisotopic (exact) mass is 480 g/mol. The second-order valence-corrected chi connectivity index (χ2v) is 8.87. The van der Waals surface area contributed by atoms with Gasteiger partial charge in [0, 0.05) is 5.56 Å². The Kier molecular flexibility index (Phi) is 5.11. The average molecular weight is 481 g/mol. The van der Waals surface area contributed by atoms with Crippen LogP contribution in [0, 0.1) is 0 Å². The average Bonchev–Trinajstić information content (AvgIpc) is 3.50. The van der Waals surface area contributed by atoms with Crippen molar-refractivity contribution in [2.24, 2.45) is 0 Å². The number of aromatic amines is 1. The smallest absolute Gasteiger partial charge is 0.295 e. The van der Waals surface area contributed by atoms with Crippen molar-refractivity contribution in [1.82, 2.24) is 9.97 Å². The maximum atomic E-state index is 10.1. The summed E-state index contributed by atoms with van der Waals surface area (Å²) in [5.41, 5.74) is 4.11. The minimum atomic E-state index is -0.642. The Morgan fingerprint density at radius 3 is 2.41 bits per heavy atom. The van der Waals surface area contributed by atoms with Gasteiger partial charge in [0.2, 0.25) is 0 Å². The Labute approximate surface area is 199 Å². The molecule has 6 rings (SSSR count). The fourth-order valence-electron chi connectivity index (χ4n) is 4.61. The molecule has 3 aromatic carbocycles. The number of nitrogens with one attached hydrogen (secondary N) is 1. The highest BCUT2D eigenvalue weighted by Crippen LogP contribution is 2.39. The van der Waals surface area contributed by atoms with E-state index in [2.05, 4.69) is 9.97 Å². The summed E-state index contributed by atoms with van der Waals surface area (Å²) in [7, 11) is 0. The summed E-state index contributed by atoms with van der Waals surface area (Å²) < 4.78 is 17.2. The van der Waals surface area contributed by atoms with Crippen LogP contribution in [-0.2, 0) is 9.47 Å². The second kappa shape index (κ2) is 8.18. The molecule has 2 saturated heterocycles. The molecule has 0 radical (unpaired) electrons. The molecule has 2 fully saturated rings. The van der Waals surface area contributed by atoms with E-state index < -0.39 is 6.10 Å². The predicted molar refractivity (Wildman–Crippen MR) is 125 cm³/mol. The van der Waals surface area contributed by atoms with Gasteiger partial charge >= 0.3 is 0 Å². The van der Waals surface area contributed by atoms with Gasteiger partial charge in [0.25, 0.3) is 6.01 Å². The minimum absolute atomic E-state index is 0.00718. The molecule has 0 bridgehead atoms. The first-order valence-corrected chi connectivity index (χ1v) is 11.2. The van der Waals surface area contributed by atoms with E-state index >= 15 is 0 Å². The molecule has 0 aliphatic carbocycles. The number of nitrogens with zero attached hydrogens (tertiary/aromatic N) is 1. The van der Waals surface area contributed by atoms with E-state index in [1.54, 1.807) is 12.1 Å². The number of phenols is 2. The molecule has 2 aliphatic heterocycles. The number of H-pyrrole nitrogens is 1. The highest BCUT2D eigenvalue weighted by Gasteiger charge is 2.48. The molecule has 34 heavy (non-hydrogen) atoms. The second-order valence-electron chi connectivity index (χ2n) is 8.46. The Morgan fingerprint density at radius 1 is 0.941 bits per heavy atom. The van der Waals surface area contributed by atoms with Crippen LogP contribution in [0.1, 0.15) is 0 Å². The van der Waals surface area contributed by atoms with Crippen LogP contribution < -0.4 is 4.74 Å². The molecule has 4 N–H and O–H groups in total. The molecule has 0 amide bonds. The number of aromatic hydroxyl groups is 2. The van der Waals surface area contributed by atoms with Crippen LogP contribution in [0.5, 0.6) is 17.5 Å². The Bertz CT molecular complexity index is 1350. The number of imidazole rings is 1. The maximum absolute atomic E-state index is 10.1. The SMILES string of the molecule is Oc1cccc(O)c1-c1ccc(-c2cc3nc(O[C@@H]4CO[C@@H]5C(O)CO[C@@H]54)[nH]c3cc2Cl)cc1. The summed E-state index contributed by atoms with van der Waals surface area (Å²) in [6, 6.07) is 16.0. The normalized spacial score (nSPS) is 23.9. The van der Waals surface area contributed by atoms with Crippen molar-refractivity contribution in [3.63, 3.8) is 0 Å². The Morgan fingerprint density at radius 2 is 1.65 bits per heavy atom. The van der Waals surface area contributed by atoms with Crippen molar-refractivity contribution in [2.45, 2.75) is 24.4 Å². The first-order valence-electron chi connectivity index (χ1n) is 10.9. The number of benzene rings is 3. The number of halogens is 1. The lowest BCUT2D eigenvalue weighted by molar-refractivity contribution is 0.00706. The van der Waals surface area contributed by atoms with Crippen molar-refractivity contribution < 1.29 is 29.5 Å². The van der Waals surface area contributed by atoms with Gasteiger partial charge in [0.05, 0.1) is 34.8 Å². The lowest BCUT2D eigenvalue weighted by Crippen LogP contribution is -2.34. The third kappa shape index (κ3) is 3.56. The Balaban J connectivity index is 1.27. The number of aliphatic hydroxyl groups excluding tert-OH is 1. The molecule has 9 heteroatoms. The van der Waals surface area contributed by atoms with Crippen molar-refractivity contribution in [3.05, 3.63) is 59.6 Å². The molecule has 0 spiro atoms. The largest absolute Gasteiger partial charge is 0.507 e. The molecule has 4 aromatic rings. The van der Waals surface area contributed by atoms with Crippen LogP contribution in [0.15, 0.2) is 54.6 Å². The molecule has 1 aromatic heterocycles. The van der Waals surface area contributed by atoms with E-state index in [0.717, 1.165) is 16.6 Å². The number of rotatable bonds is 4. The number of fused-ring (bicyclic) bond motifs is 2. The van der Waals surface area contributed by atoms with E-state index in [1.165, 1.54) is 12.1 Å². The fourth-order valence-corrected chi connectivity index (χ4v) is 4.89. The summed E-state index contributed by atoms with van der Waals surface area (Å²) in [4.78, 5) is 7.68. The Hall–Kier alpha value is -3.30. The zero-order valence-electron chi connectivity index (χ0n) is 17.8. The van der Waals surface area contributed by atoms with Crippen LogP contribution in [0.4, 0.5) is 0 Å². The molecule has 4 atom stereocenters. The van der Waals surface area contributed by atoms with E-state index in [4.69, 9.17) is 25.8 Å². The van der Waals surface area contributed by atoms with Crippen molar-refractivity contribution in [3.8, 4) is 39.8 Å². The molecule has 3 heterocycles. The van der Waals surface area contributed by atoms with Crippen molar-refractivity contribution in [1.29, 1.82) is 0 Å². The zero-order chi connectivity index (χ0) is 23.4. The lowest BCUT2D eigenvalue weighted by atomic mass is 9.99. The van der Waals surface area contributed by atoms with Crippen LogP contribution in [0.25, 0.3) is 33.3 Å². The molecular weight excluding hydrogens is 460 g/mol. The van der Waals surface area contributed by atoms with E-state index in [0.29, 0.717) is 34.3 Å². The van der Waals surface area contributed by atoms with Gasteiger partial charge in [-0.15, -0.1) is 0 Å². The van der Waals surface area contributed by atoms with Gasteiger partial charge < -0.3 is 34.5 Å². The maximum Gasteiger partial charge on any atom is 0.295 e. The zero-order valence-corrected chi connectivity index (χ0v) is 18.6. The summed E-state index contributed by atoms with van der Waals surface area (Å²) in [6.07, 6.45) is -1.71. The van der Waals surface area contributed by atoms with Crippen molar-refractivity contribution >= 4 is 22.6 Å². The predicted octanol–water partition coefficient (Wildman–Crippen LogP) is 3.87. The van der Waals surface area contributed by atoms with Gasteiger partial charge in [-0.25, -0.2) is 0 Å².